The van der Waals surface area contributed by atoms with Gasteiger partial charge in [-0.15, -0.1) is 0 Å². The molecule has 0 saturated carbocycles. The lowest BCUT2D eigenvalue weighted by Gasteiger charge is -1.97. The van der Waals surface area contributed by atoms with E-state index in [0.29, 0.717) is 0 Å². The van der Waals surface area contributed by atoms with Gasteiger partial charge in [0.15, 0.2) is 0 Å². The lowest BCUT2D eigenvalue weighted by atomic mass is 10.2. The largest absolute Gasteiger partial charge is 0.270 e. The molecule has 3 nitrogen and oxygen atoms in total. The van der Waals surface area contributed by atoms with Crippen LogP contribution in [-0.2, 0) is 14.3 Å². The second-order valence-electron chi connectivity index (χ2n) is 6.08. The smallest absolute Gasteiger partial charge is 0.264 e. The van der Waals surface area contributed by atoms with Gasteiger partial charge >= 0.3 is 0 Å². The Hall–Kier alpha value is -1.65. The van der Waals surface area contributed by atoms with Crippen LogP contribution in [0.1, 0.15) is 58.3 Å². The lowest BCUT2D eigenvalue weighted by molar-refractivity contribution is 0.317. The third-order valence-corrected chi connectivity index (χ3v) is 4.00. The standard InChI is InChI=1S/C23H36O3S/c1-3-4-5-6-7-8-9-10-11-12-13-14-15-16-17-18-19-20-21-22-23-26-27(2,24)25/h4-5,7-8,10-11,13-14,16-17,19-20H,3,6,9,12,15,18,21-23H2,1-2H3. The molecule has 0 N–H and O–H groups in total. The van der Waals surface area contributed by atoms with Crippen LogP contribution in [0.4, 0.5) is 0 Å². The first kappa shape index (κ1) is 25.4. The van der Waals surface area contributed by atoms with E-state index in [-0.39, 0.29) is 6.61 Å². The highest BCUT2D eigenvalue weighted by Crippen LogP contribution is 1.98. The molecule has 27 heavy (non-hydrogen) atoms. The zero-order valence-electron chi connectivity index (χ0n) is 16.9. The Morgan fingerprint density at radius 1 is 0.630 bits per heavy atom. The molecule has 0 aliphatic heterocycles. The molecule has 4 heteroatoms. The fourth-order valence-electron chi connectivity index (χ4n) is 2.05. The van der Waals surface area contributed by atoms with Crippen molar-refractivity contribution >= 4 is 10.1 Å². The molecule has 0 amide bonds. The molecule has 0 fully saturated rings. The zero-order valence-corrected chi connectivity index (χ0v) is 17.7. The Morgan fingerprint density at radius 2 is 1.00 bits per heavy atom. The second-order valence-corrected chi connectivity index (χ2v) is 7.73. The molecule has 0 aromatic heterocycles. The molecular weight excluding hydrogens is 356 g/mol. The molecule has 0 heterocycles. The minimum absolute atomic E-state index is 0.255. The van der Waals surface area contributed by atoms with Crippen LogP contribution in [0, 0.1) is 0 Å². The van der Waals surface area contributed by atoms with E-state index in [1.807, 2.05) is 0 Å². The SMILES string of the molecule is CCC=CCC=CCC=CCC=CCC=CCC=CCCCOS(C)(=O)=O. The first-order chi connectivity index (χ1) is 13.1. The molecule has 0 unspecified atom stereocenters. The van der Waals surface area contributed by atoms with E-state index in [0.717, 1.165) is 57.6 Å². The van der Waals surface area contributed by atoms with Gasteiger partial charge in [0.2, 0.25) is 0 Å². The summed E-state index contributed by atoms with van der Waals surface area (Å²) in [6.07, 6.45) is 34.6. The Labute approximate surface area is 167 Å². The molecule has 0 saturated heterocycles. The highest BCUT2D eigenvalue weighted by molar-refractivity contribution is 7.85. The number of allylic oxidation sites excluding steroid dienone is 12. The topological polar surface area (TPSA) is 43.4 Å². The lowest BCUT2D eigenvalue weighted by Crippen LogP contribution is -2.03. The van der Waals surface area contributed by atoms with E-state index in [1.54, 1.807) is 0 Å². The minimum atomic E-state index is -3.30. The summed E-state index contributed by atoms with van der Waals surface area (Å²) in [5.41, 5.74) is 0. The Morgan fingerprint density at radius 3 is 1.37 bits per heavy atom. The maximum Gasteiger partial charge on any atom is 0.264 e. The molecular formula is C23H36O3S. The number of unbranched alkanes of at least 4 members (excludes halogenated alkanes) is 1. The predicted molar refractivity (Wildman–Crippen MR) is 118 cm³/mol. The van der Waals surface area contributed by atoms with Crippen molar-refractivity contribution in [2.45, 2.75) is 58.3 Å². The van der Waals surface area contributed by atoms with Crippen LogP contribution in [0.2, 0.25) is 0 Å². The van der Waals surface area contributed by atoms with E-state index in [2.05, 4.69) is 84.0 Å². The number of hydrogen-bond donors (Lipinski definition) is 0. The van der Waals surface area contributed by atoms with Crippen molar-refractivity contribution in [2.24, 2.45) is 0 Å². The van der Waals surface area contributed by atoms with Crippen molar-refractivity contribution in [3.05, 3.63) is 72.9 Å². The molecule has 0 atom stereocenters. The van der Waals surface area contributed by atoms with E-state index in [1.165, 1.54) is 0 Å². The van der Waals surface area contributed by atoms with Crippen LogP contribution in [0.25, 0.3) is 0 Å². The summed E-state index contributed by atoms with van der Waals surface area (Å²) in [4.78, 5) is 0. The van der Waals surface area contributed by atoms with E-state index < -0.39 is 10.1 Å². The summed E-state index contributed by atoms with van der Waals surface area (Å²) >= 11 is 0. The summed E-state index contributed by atoms with van der Waals surface area (Å²) in [7, 11) is -3.30. The molecule has 0 bridgehead atoms. The number of hydrogen-bond acceptors (Lipinski definition) is 3. The average Bonchev–Trinajstić information content (AvgIpc) is 2.62. The third kappa shape index (κ3) is 24.4. The molecule has 0 spiro atoms. The van der Waals surface area contributed by atoms with Crippen LogP contribution >= 0.6 is 0 Å². The van der Waals surface area contributed by atoms with Crippen molar-refractivity contribution in [2.75, 3.05) is 12.9 Å². The maximum absolute atomic E-state index is 10.8. The van der Waals surface area contributed by atoms with Crippen LogP contribution in [-0.4, -0.2) is 21.3 Å². The van der Waals surface area contributed by atoms with Crippen LogP contribution < -0.4 is 0 Å². The summed E-state index contributed by atoms with van der Waals surface area (Å²) in [5.74, 6) is 0. The molecule has 152 valence electrons. The first-order valence-electron chi connectivity index (χ1n) is 9.80. The monoisotopic (exact) mass is 392 g/mol. The Balaban J connectivity index is 3.53. The molecule has 0 radical (unpaired) electrons. The predicted octanol–water partition coefficient (Wildman–Crippen LogP) is 6.44. The van der Waals surface area contributed by atoms with Gasteiger partial charge in [0.25, 0.3) is 10.1 Å². The minimum Gasteiger partial charge on any atom is -0.270 e. The molecule has 0 aliphatic carbocycles. The van der Waals surface area contributed by atoms with Gasteiger partial charge in [-0.2, -0.15) is 8.42 Å². The van der Waals surface area contributed by atoms with Crippen molar-refractivity contribution in [3.8, 4) is 0 Å². The first-order valence-corrected chi connectivity index (χ1v) is 11.6. The van der Waals surface area contributed by atoms with Crippen molar-refractivity contribution in [1.82, 2.24) is 0 Å². The summed E-state index contributed by atoms with van der Waals surface area (Å²) in [6.45, 7) is 2.40. The highest BCUT2D eigenvalue weighted by Gasteiger charge is 1.98. The van der Waals surface area contributed by atoms with E-state index in [9.17, 15) is 8.42 Å². The Bertz CT molecular complexity index is 606. The van der Waals surface area contributed by atoms with Gasteiger partial charge in [-0.3, -0.25) is 4.18 Å². The van der Waals surface area contributed by atoms with Gasteiger partial charge < -0.3 is 0 Å². The fraction of sp³-hybridized carbons (Fsp3) is 0.478. The van der Waals surface area contributed by atoms with Gasteiger partial charge in [0, 0.05) is 0 Å². The summed E-state index contributed by atoms with van der Waals surface area (Å²) in [5, 5.41) is 0. The maximum atomic E-state index is 10.8. The third-order valence-electron chi connectivity index (χ3n) is 3.41. The van der Waals surface area contributed by atoms with E-state index >= 15 is 0 Å². The molecule has 0 aliphatic rings. The quantitative estimate of drug-likeness (QED) is 0.172. The van der Waals surface area contributed by atoms with Crippen LogP contribution in [0.3, 0.4) is 0 Å². The summed E-state index contributed by atoms with van der Waals surface area (Å²) < 4.78 is 26.2. The van der Waals surface area contributed by atoms with Gasteiger partial charge in [0.1, 0.15) is 0 Å². The van der Waals surface area contributed by atoms with Gasteiger partial charge in [-0.25, -0.2) is 0 Å². The summed E-state index contributed by atoms with van der Waals surface area (Å²) in [6, 6.07) is 0. The zero-order chi connectivity index (χ0) is 20.1. The van der Waals surface area contributed by atoms with E-state index in [4.69, 9.17) is 0 Å². The van der Waals surface area contributed by atoms with Gasteiger partial charge in [-0.05, 0) is 51.4 Å². The van der Waals surface area contributed by atoms with Crippen molar-refractivity contribution < 1.29 is 12.6 Å². The number of rotatable bonds is 16. The Kier molecular flexibility index (Phi) is 18.0. The molecule has 0 aromatic carbocycles. The normalized spacial score (nSPS) is 13.7. The van der Waals surface area contributed by atoms with Gasteiger partial charge in [0.05, 0.1) is 12.9 Å². The second kappa shape index (κ2) is 19.1. The van der Waals surface area contributed by atoms with Crippen molar-refractivity contribution in [1.29, 1.82) is 0 Å². The van der Waals surface area contributed by atoms with Gasteiger partial charge in [-0.1, -0.05) is 79.8 Å². The molecule has 0 rings (SSSR count). The highest BCUT2D eigenvalue weighted by atomic mass is 32.2. The molecule has 0 aromatic rings. The van der Waals surface area contributed by atoms with Crippen LogP contribution in [0.15, 0.2) is 72.9 Å². The van der Waals surface area contributed by atoms with Crippen molar-refractivity contribution in [3.63, 3.8) is 0 Å². The van der Waals surface area contributed by atoms with Crippen LogP contribution in [0.5, 0.6) is 0 Å². The average molecular weight is 393 g/mol. The fourth-order valence-corrected chi connectivity index (χ4v) is 2.47.